The Balaban J connectivity index is 2.02. The Hall–Kier alpha value is -0.220. The van der Waals surface area contributed by atoms with Crippen LogP contribution in [-0.4, -0.2) is 41.4 Å². The minimum absolute atomic E-state index is 0.194. The van der Waals surface area contributed by atoms with Crippen LogP contribution in [0.4, 0.5) is 0 Å². The van der Waals surface area contributed by atoms with Crippen LogP contribution in [0.3, 0.4) is 0 Å². The largest absolute Gasteiger partial charge is 0.342 e. The van der Waals surface area contributed by atoms with Gasteiger partial charge < -0.3 is 10.6 Å². The Morgan fingerprint density at radius 2 is 2.33 bits per heavy atom. The highest BCUT2D eigenvalue weighted by atomic mass is 32.2. The highest BCUT2D eigenvalue weighted by Gasteiger charge is 2.19. The molecule has 1 fully saturated rings. The average molecular weight is 188 g/mol. The van der Waals surface area contributed by atoms with Crippen LogP contribution in [0.2, 0.25) is 0 Å². The van der Waals surface area contributed by atoms with E-state index in [4.69, 9.17) is 5.73 Å². The Labute approximate surface area is 77.7 Å². The second-order valence-electron chi connectivity index (χ2n) is 3.23. The molecule has 0 aliphatic carbocycles. The molecule has 70 valence electrons. The summed E-state index contributed by atoms with van der Waals surface area (Å²) < 4.78 is 0. The first-order valence-corrected chi connectivity index (χ1v) is 5.46. The van der Waals surface area contributed by atoms with E-state index in [-0.39, 0.29) is 11.9 Å². The highest BCUT2D eigenvalue weighted by Crippen LogP contribution is 2.10. The van der Waals surface area contributed by atoms with Gasteiger partial charge in [0.25, 0.3) is 0 Å². The lowest BCUT2D eigenvalue weighted by Crippen LogP contribution is -2.43. The molecule has 12 heavy (non-hydrogen) atoms. The summed E-state index contributed by atoms with van der Waals surface area (Å²) in [5, 5.41) is 0. The lowest BCUT2D eigenvalue weighted by atomic mass is 10.2. The summed E-state index contributed by atoms with van der Waals surface area (Å²) in [5.41, 5.74) is 5.56. The SMILES string of the molecule is CC(N)CSCC(=O)N1CCC1. The molecule has 0 aromatic rings. The second-order valence-corrected chi connectivity index (χ2v) is 4.26. The van der Waals surface area contributed by atoms with Gasteiger partial charge in [0.05, 0.1) is 5.75 Å². The maximum absolute atomic E-state index is 11.3. The van der Waals surface area contributed by atoms with Crippen molar-refractivity contribution in [3.63, 3.8) is 0 Å². The molecule has 1 amide bonds. The topological polar surface area (TPSA) is 46.3 Å². The maximum Gasteiger partial charge on any atom is 0.232 e. The summed E-state index contributed by atoms with van der Waals surface area (Å²) in [6.45, 7) is 3.87. The molecule has 0 bridgehead atoms. The molecule has 2 N–H and O–H groups in total. The van der Waals surface area contributed by atoms with Crippen molar-refractivity contribution in [2.24, 2.45) is 5.73 Å². The number of rotatable bonds is 4. The van der Waals surface area contributed by atoms with E-state index < -0.39 is 0 Å². The van der Waals surface area contributed by atoms with Crippen molar-refractivity contribution in [1.29, 1.82) is 0 Å². The molecular weight excluding hydrogens is 172 g/mol. The number of amides is 1. The molecule has 1 saturated heterocycles. The van der Waals surface area contributed by atoms with Gasteiger partial charge in [-0.2, -0.15) is 11.8 Å². The van der Waals surface area contributed by atoms with E-state index in [1.54, 1.807) is 11.8 Å². The number of carbonyl (C=O) groups is 1. The van der Waals surface area contributed by atoms with Gasteiger partial charge in [-0.05, 0) is 13.3 Å². The monoisotopic (exact) mass is 188 g/mol. The number of nitrogens with zero attached hydrogens (tertiary/aromatic N) is 1. The van der Waals surface area contributed by atoms with Crippen molar-refractivity contribution in [1.82, 2.24) is 4.90 Å². The van der Waals surface area contributed by atoms with Crippen LogP contribution in [0.1, 0.15) is 13.3 Å². The van der Waals surface area contributed by atoms with Crippen molar-refractivity contribution in [3.8, 4) is 0 Å². The molecule has 0 radical (unpaired) electrons. The molecule has 1 aliphatic heterocycles. The van der Waals surface area contributed by atoms with Gasteiger partial charge in [0.2, 0.25) is 5.91 Å². The van der Waals surface area contributed by atoms with Crippen molar-refractivity contribution in [2.45, 2.75) is 19.4 Å². The van der Waals surface area contributed by atoms with E-state index in [1.165, 1.54) is 6.42 Å². The van der Waals surface area contributed by atoms with E-state index in [0.29, 0.717) is 5.75 Å². The smallest absolute Gasteiger partial charge is 0.232 e. The van der Waals surface area contributed by atoms with Crippen LogP contribution in [0, 0.1) is 0 Å². The van der Waals surface area contributed by atoms with Gasteiger partial charge in [-0.1, -0.05) is 0 Å². The minimum atomic E-state index is 0.194. The molecule has 1 unspecified atom stereocenters. The van der Waals surface area contributed by atoms with Crippen molar-refractivity contribution in [2.75, 3.05) is 24.6 Å². The molecular formula is C8H16N2OS. The van der Waals surface area contributed by atoms with Crippen LogP contribution in [0.25, 0.3) is 0 Å². The highest BCUT2D eigenvalue weighted by molar-refractivity contribution is 7.99. The summed E-state index contributed by atoms with van der Waals surface area (Å²) in [5.74, 6) is 1.74. The lowest BCUT2D eigenvalue weighted by molar-refractivity contribution is -0.131. The van der Waals surface area contributed by atoms with Gasteiger partial charge in [0.1, 0.15) is 0 Å². The fraction of sp³-hybridized carbons (Fsp3) is 0.875. The third-order valence-corrected chi connectivity index (χ3v) is 3.03. The molecule has 0 aromatic carbocycles. The molecule has 0 spiro atoms. The van der Waals surface area contributed by atoms with Gasteiger partial charge in [-0.25, -0.2) is 0 Å². The Morgan fingerprint density at radius 1 is 1.67 bits per heavy atom. The van der Waals surface area contributed by atoms with Crippen LogP contribution in [0.15, 0.2) is 0 Å². The number of hydrogen-bond donors (Lipinski definition) is 1. The Morgan fingerprint density at radius 3 is 2.75 bits per heavy atom. The summed E-state index contributed by atoms with van der Waals surface area (Å²) in [6.07, 6.45) is 1.17. The standard InChI is InChI=1S/C8H16N2OS/c1-7(9)5-12-6-8(11)10-3-2-4-10/h7H,2-6,9H2,1H3. The number of thioether (sulfide) groups is 1. The van der Waals surface area contributed by atoms with Gasteiger partial charge in [-0.15, -0.1) is 0 Å². The first kappa shape index (κ1) is 9.86. The number of nitrogens with two attached hydrogens (primary N) is 1. The van der Waals surface area contributed by atoms with E-state index in [2.05, 4.69) is 0 Å². The lowest BCUT2D eigenvalue weighted by Gasteiger charge is -2.30. The van der Waals surface area contributed by atoms with Crippen LogP contribution >= 0.6 is 11.8 Å². The van der Waals surface area contributed by atoms with E-state index in [9.17, 15) is 4.79 Å². The molecule has 0 saturated carbocycles. The fourth-order valence-electron chi connectivity index (χ4n) is 0.989. The van der Waals surface area contributed by atoms with Crippen molar-refractivity contribution in [3.05, 3.63) is 0 Å². The normalized spacial score (nSPS) is 18.7. The zero-order valence-electron chi connectivity index (χ0n) is 7.45. The number of likely N-dealkylation sites (tertiary alicyclic amines) is 1. The summed E-state index contributed by atoms with van der Waals surface area (Å²) in [7, 11) is 0. The fourth-order valence-corrected chi connectivity index (χ4v) is 1.84. The minimum Gasteiger partial charge on any atom is -0.342 e. The quantitative estimate of drug-likeness (QED) is 0.690. The first-order chi connectivity index (χ1) is 5.70. The first-order valence-electron chi connectivity index (χ1n) is 4.31. The summed E-state index contributed by atoms with van der Waals surface area (Å²) in [4.78, 5) is 13.2. The molecule has 1 aliphatic rings. The molecule has 0 aromatic heterocycles. The molecule has 1 heterocycles. The van der Waals surface area contributed by atoms with Gasteiger partial charge in [0, 0.05) is 24.9 Å². The maximum atomic E-state index is 11.3. The van der Waals surface area contributed by atoms with Gasteiger partial charge in [0.15, 0.2) is 0 Å². The second kappa shape index (κ2) is 4.72. The van der Waals surface area contributed by atoms with E-state index in [1.807, 2.05) is 11.8 Å². The molecule has 1 rings (SSSR count). The zero-order chi connectivity index (χ0) is 8.97. The number of hydrogen-bond acceptors (Lipinski definition) is 3. The average Bonchev–Trinajstić information content (AvgIpc) is 1.81. The Bertz CT molecular complexity index is 157. The molecule has 1 atom stereocenters. The predicted molar refractivity (Wildman–Crippen MR) is 52.2 cm³/mol. The van der Waals surface area contributed by atoms with Crippen LogP contribution < -0.4 is 5.73 Å². The third kappa shape index (κ3) is 3.03. The number of carbonyl (C=O) groups excluding carboxylic acids is 1. The third-order valence-electron chi connectivity index (χ3n) is 1.82. The summed E-state index contributed by atoms with van der Waals surface area (Å²) >= 11 is 1.63. The predicted octanol–water partition coefficient (Wildman–Crippen LogP) is 0.299. The zero-order valence-corrected chi connectivity index (χ0v) is 8.27. The van der Waals surface area contributed by atoms with Crippen molar-refractivity contribution < 1.29 is 4.79 Å². The van der Waals surface area contributed by atoms with Crippen LogP contribution in [0.5, 0.6) is 0 Å². The summed E-state index contributed by atoms with van der Waals surface area (Å²) in [6, 6.07) is 0.194. The van der Waals surface area contributed by atoms with E-state index in [0.717, 1.165) is 18.8 Å². The molecule has 3 nitrogen and oxygen atoms in total. The van der Waals surface area contributed by atoms with Crippen molar-refractivity contribution >= 4 is 17.7 Å². The van der Waals surface area contributed by atoms with Gasteiger partial charge >= 0.3 is 0 Å². The molecule has 4 heteroatoms. The van der Waals surface area contributed by atoms with Gasteiger partial charge in [-0.3, -0.25) is 4.79 Å². The Kier molecular flexibility index (Phi) is 3.88. The van der Waals surface area contributed by atoms with E-state index >= 15 is 0 Å². The van der Waals surface area contributed by atoms with Crippen LogP contribution in [-0.2, 0) is 4.79 Å².